The van der Waals surface area contributed by atoms with Crippen LogP contribution in [0.2, 0.25) is 0 Å². The van der Waals surface area contributed by atoms with Crippen LogP contribution in [0.1, 0.15) is 12.5 Å². The van der Waals surface area contributed by atoms with E-state index in [1.54, 1.807) is 7.11 Å². The molecule has 2 aromatic carbocycles. The lowest BCUT2D eigenvalue weighted by molar-refractivity contribution is 0.340. The van der Waals surface area contributed by atoms with Crippen molar-refractivity contribution in [2.45, 2.75) is 13.5 Å². The van der Waals surface area contributed by atoms with E-state index in [-0.39, 0.29) is 0 Å². The van der Waals surface area contributed by atoms with E-state index in [1.165, 1.54) is 0 Å². The summed E-state index contributed by atoms with van der Waals surface area (Å²) in [5.41, 5.74) is 2.18. The molecule has 1 N–H and O–H groups in total. The quantitative estimate of drug-likeness (QED) is 0.844. The minimum Gasteiger partial charge on any atom is -0.497 e. The van der Waals surface area contributed by atoms with Gasteiger partial charge in [-0.3, -0.25) is 0 Å². The molecule has 2 rings (SSSR count). The summed E-state index contributed by atoms with van der Waals surface area (Å²) >= 11 is 3.55. The maximum atomic E-state index is 5.49. The average Bonchev–Trinajstić information content (AvgIpc) is 2.47. The van der Waals surface area contributed by atoms with E-state index >= 15 is 0 Å². The number of hydrogen-bond donors (Lipinski definition) is 1. The Morgan fingerprint density at radius 1 is 1.10 bits per heavy atom. The van der Waals surface area contributed by atoms with Crippen molar-refractivity contribution in [2.75, 3.05) is 19.0 Å². The van der Waals surface area contributed by atoms with Gasteiger partial charge in [-0.1, -0.05) is 22.0 Å². The third-order valence-electron chi connectivity index (χ3n) is 2.88. The number of methoxy groups -OCH3 is 1. The summed E-state index contributed by atoms with van der Waals surface area (Å²) in [6.07, 6.45) is 0. The maximum absolute atomic E-state index is 5.49. The van der Waals surface area contributed by atoms with Crippen molar-refractivity contribution in [3.05, 3.63) is 52.5 Å². The van der Waals surface area contributed by atoms with Gasteiger partial charge in [-0.15, -0.1) is 0 Å². The van der Waals surface area contributed by atoms with Gasteiger partial charge in [-0.25, -0.2) is 0 Å². The van der Waals surface area contributed by atoms with Gasteiger partial charge in [0, 0.05) is 22.8 Å². The lowest BCUT2D eigenvalue weighted by Crippen LogP contribution is -2.01. The van der Waals surface area contributed by atoms with Crippen LogP contribution < -0.4 is 14.8 Å². The first-order valence-electron chi connectivity index (χ1n) is 6.52. The summed E-state index contributed by atoms with van der Waals surface area (Å²) < 4.78 is 11.8. The molecule has 0 fully saturated rings. The van der Waals surface area contributed by atoms with Gasteiger partial charge in [0.1, 0.15) is 11.5 Å². The summed E-state index contributed by atoms with van der Waals surface area (Å²) in [5, 5.41) is 3.39. The molecule has 0 bridgehead atoms. The molecule has 0 saturated carbocycles. The first-order chi connectivity index (χ1) is 9.72. The van der Waals surface area contributed by atoms with Gasteiger partial charge in [0.25, 0.3) is 0 Å². The first-order valence-corrected chi connectivity index (χ1v) is 7.31. The third kappa shape index (κ3) is 3.90. The number of benzene rings is 2. The van der Waals surface area contributed by atoms with Crippen LogP contribution in [-0.2, 0) is 6.54 Å². The number of anilines is 1. The molecule has 0 radical (unpaired) electrons. The van der Waals surface area contributed by atoms with Gasteiger partial charge < -0.3 is 14.8 Å². The maximum Gasteiger partial charge on any atom is 0.121 e. The van der Waals surface area contributed by atoms with Crippen molar-refractivity contribution in [3.63, 3.8) is 0 Å². The van der Waals surface area contributed by atoms with Crippen LogP contribution in [0.4, 0.5) is 5.69 Å². The topological polar surface area (TPSA) is 30.5 Å². The molecule has 0 aliphatic rings. The van der Waals surface area contributed by atoms with Crippen LogP contribution in [0.5, 0.6) is 11.5 Å². The van der Waals surface area contributed by atoms with E-state index in [2.05, 4.69) is 21.2 Å². The minimum atomic E-state index is 0.672. The highest BCUT2D eigenvalue weighted by Gasteiger charge is 2.03. The van der Waals surface area contributed by atoms with Crippen molar-refractivity contribution in [3.8, 4) is 11.5 Å². The number of nitrogens with one attached hydrogen (secondary N) is 1. The summed E-state index contributed by atoms with van der Waals surface area (Å²) in [6.45, 7) is 3.37. The van der Waals surface area contributed by atoms with Crippen molar-refractivity contribution >= 4 is 21.6 Å². The van der Waals surface area contributed by atoms with Gasteiger partial charge in [0.2, 0.25) is 0 Å². The minimum absolute atomic E-state index is 0.672. The number of halogens is 1. The second kappa shape index (κ2) is 7.20. The normalized spacial score (nSPS) is 10.2. The molecule has 0 aliphatic carbocycles. The molecule has 4 heteroatoms. The summed E-state index contributed by atoms with van der Waals surface area (Å²) in [6, 6.07) is 13.9. The zero-order valence-corrected chi connectivity index (χ0v) is 13.2. The number of rotatable bonds is 6. The molecule has 0 unspecified atom stereocenters. The molecular weight excluding hydrogens is 318 g/mol. The number of hydrogen-bond acceptors (Lipinski definition) is 3. The molecule has 0 atom stereocenters. The predicted octanol–water partition coefficient (Wildman–Crippen LogP) is 4.47. The van der Waals surface area contributed by atoms with E-state index in [1.807, 2.05) is 49.4 Å². The van der Waals surface area contributed by atoms with Crippen LogP contribution in [0.3, 0.4) is 0 Å². The van der Waals surface area contributed by atoms with Crippen LogP contribution in [-0.4, -0.2) is 13.7 Å². The molecule has 0 saturated heterocycles. The van der Waals surface area contributed by atoms with Crippen molar-refractivity contribution in [1.29, 1.82) is 0 Å². The lowest BCUT2D eigenvalue weighted by atomic mass is 10.2. The Morgan fingerprint density at radius 3 is 2.70 bits per heavy atom. The fourth-order valence-corrected chi connectivity index (χ4v) is 2.26. The van der Waals surface area contributed by atoms with E-state index in [4.69, 9.17) is 9.47 Å². The van der Waals surface area contributed by atoms with E-state index < -0.39 is 0 Å². The molecule has 0 aliphatic heterocycles. The molecule has 0 amide bonds. The van der Waals surface area contributed by atoms with Gasteiger partial charge in [-0.05, 0) is 42.8 Å². The Balaban J connectivity index is 2.06. The standard InChI is InChI=1S/C16H18BrNO2/c1-3-20-15-6-4-5-13(10-15)18-11-12-9-14(19-2)7-8-16(12)17/h4-10,18H,3,11H2,1-2H3. The van der Waals surface area contributed by atoms with Gasteiger partial charge in [-0.2, -0.15) is 0 Å². The fraction of sp³-hybridized carbons (Fsp3) is 0.250. The molecule has 0 aromatic heterocycles. The van der Waals surface area contributed by atoms with E-state index in [0.717, 1.165) is 27.2 Å². The Hall–Kier alpha value is -1.68. The van der Waals surface area contributed by atoms with Crippen LogP contribution in [0.15, 0.2) is 46.9 Å². The molecule has 0 heterocycles. The van der Waals surface area contributed by atoms with Gasteiger partial charge in [0.05, 0.1) is 13.7 Å². The summed E-state index contributed by atoms with van der Waals surface area (Å²) in [5.74, 6) is 1.73. The Kier molecular flexibility index (Phi) is 5.30. The fourth-order valence-electron chi connectivity index (χ4n) is 1.87. The molecule has 0 spiro atoms. The van der Waals surface area contributed by atoms with Gasteiger partial charge >= 0.3 is 0 Å². The Labute approximate surface area is 128 Å². The molecule has 3 nitrogen and oxygen atoms in total. The van der Waals surface area contributed by atoms with Gasteiger partial charge in [0.15, 0.2) is 0 Å². The molecule has 106 valence electrons. The van der Waals surface area contributed by atoms with Crippen molar-refractivity contribution in [2.24, 2.45) is 0 Å². The van der Waals surface area contributed by atoms with E-state index in [9.17, 15) is 0 Å². The second-order valence-electron chi connectivity index (χ2n) is 4.27. The zero-order valence-electron chi connectivity index (χ0n) is 11.7. The Bertz CT molecular complexity index is 572. The highest BCUT2D eigenvalue weighted by molar-refractivity contribution is 9.10. The highest BCUT2D eigenvalue weighted by atomic mass is 79.9. The smallest absolute Gasteiger partial charge is 0.121 e. The second-order valence-corrected chi connectivity index (χ2v) is 5.13. The average molecular weight is 336 g/mol. The molecule has 2 aromatic rings. The largest absolute Gasteiger partial charge is 0.497 e. The van der Waals surface area contributed by atoms with Crippen LogP contribution in [0, 0.1) is 0 Å². The Morgan fingerprint density at radius 2 is 1.95 bits per heavy atom. The third-order valence-corrected chi connectivity index (χ3v) is 3.65. The number of ether oxygens (including phenoxy) is 2. The van der Waals surface area contributed by atoms with Crippen LogP contribution in [0.25, 0.3) is 0 Å². The summed E-state index contributed by atoms with van der Waals surface area (Å²) in [4.78, 5) is 0. The lowest BCUT2D eigenvalue weighted by Gasteiger charge is -2.11. The molecule has 20 heavy (non-hydrogen) atoms. The SMILES string of the molecule is CCOc1cccc(NCc2cc(OC)ccc2Br)c1. The predicted molar refractivity (Wildman–Crippen MR) is 85.6 cm³/mol. The van der Waals surface area contributed by atoms with E-state index in [0.29, 0.717) is 13.2 Å². The van der Waals surface area contributed by atoms with Crippen molar-refractivity contribution < 1.29 is 9.47 Å². The monoisotopic (exact) mass is 335 g/mol. The first kappa shape index (κ1) is 14.7. The molecular formula is C16H18BrNO2. The van der Waals surface area contributed by atoms with Crippen LogP contribution >= 0.6 is 15.9 Å². The summed E-state index contributed by atoms with van der Waals surface area (Å²) in [7, 11) is 1.67. The highest BCUT2D eigenvalue weighted by Crippen LogP contribution is 2.24. The zero-order chi connectivity index (χ0) is 14.4. The van der Waals surface area contributed by atoms with Crippen molar-refractivity contribution in [1.82, 2.24) is 0 Å².